The topological polar surface area (TPSA) is 0 Å². The van der Waals surface area contributed by atoms with Gasteiger partial charge in [0.1, 0.15) is 11.6 Å². The lowest BCUT2D eigenvalue weighted by Crippen LogP contribution is -2.28. The number of allylic oxidation sites excluding steroid dienone is 1. The molecule has 0 aliphatic heterocycles. The average molecular weight is 360 g/mol. The number of halogens is 4. The molecule has 0 aromatic heterocycles. The summed E-state index contributed by atoms with van der Waals surface area (Å²) in [6, 6.07) is 4.38. The van der Waals surface area contributed by atoms with Gasteiger partial charge in [0.05, 0.1) is 5.56 Å². The quantitative estimate of drug-likeness (QED) is 0.421. The first-order chi connectivity index (χ1) is 12.5. The first-order valence-electron chi connectivity index (χ1n) is 9.08. The van der Waals surface area contributed by atoms with E-state index in [9.17, 15) is 13.2 Å². The van der Waals surface area contributed by atoms with Gasteiger partial charge in [-0.25, -0.2) is 17.6 Å². The normalized spacial score (nSPS) is 24.7. The van der Waals surface area contributed by atoms with E-state index in [0.717, 1.165) is 43.4 Å². The third-order valence-corrected chi connectivity index (χ3v) is 6.08. The van der Waals surface area contributed by atoms with Gasteiger partial charge in [0, 0.05) is 0 Å². The fourth-order valence-corrected chi connectivity index (χ4v) is 4.75. The summed E-state index contributed by atoms with van der Waals surface area (Å²) in [6.45, 7) is 3.88. The zero-order chi connectivity index (χ0) is 18.4. The van der Waals surface area contributed by atoms with Gasteiger partial charge in [-0.1, -0.05) is 12.1 Å². The summed E-state index contributed by atoms with van der Waals surface area (Å²) in [5, 5.41) is 0. The van der Waals surface area contributed by atoms with Crippen LogP contribution in [0.25, 0.3) is 11.1 Å². The summed E-state index contributed by atoms with van der Waals surface area (Å²) in [5.74, 6) is -2.41. The van der Waals surface area contributed by atoms with Crippen molar-refractivity contribution in [2.24, 2.45) is 11.8 Å². The third-order valence-electron chi connectivity index (χ3n) is 6.08. The van der Waals surface area contributed by atoms with E-state index >= 15 is 4.39 Å². The van der Waals surface area contributed by atoms with E-state index < -0.39 is 23.3 Å². The molecular formula is C22H20F4. The van der Waals surface area contributed by atoms with E-state index in [4.69, 9.17) is 0 Å². The van der Waals surface area contributed by atoms with Crippen LogP contribution >= 0.6 is 0 Å². The number of benzene rings is 2. The molecule has 0 spiro atoms. The predicted octanol–water partition coefficient (Wildman–Crippen LogP) is 6.54. The molecule has 0 bridgehead atoms. The molecule has 0 amide bonds. The Bertz CT molecular complexity index is 871. The molecule has 1 saturated carbocycles. The lowest BCUT2D eigenvalue weighted by molar-refractivity contribution is 0.235. The SMILES string of the molecule is C=C[C@@H]1CC[C@@H]2c3cc(F)c(-c4ccc(F)c(F)c4)c(F)c3CC[C@@H]2C1. The molecule has 2 aromatic rings. The van der Waals surface area contributed by atoms with Gasteiger partial charge in [-0.15, -0.1) is 6.58 Å². The Balaban J connectivity index is 1.78. The molecule has 136 valence electrons. The first-order valence-corrected chi connectivity index (χ1v) is 9.08. The Morgan fingerprint density at radius 3 is 2.46 bits per heavy atom. The van der Waals surface area contributed by atoms with Crippen molar-refractivity contribution < 1.29 is 17.6 Å². The van der Waals surface area contributed by atoms with E-state index in [1.54, 1.807) is 0 Å². The molecule has 0 radical (unpaired) electrons. The minimum absolute atomic E-state index is 0.0270. The monoisotopic (exact) mass is 360 g/mol. The Kier molecular flexibility index (Phi) is 4.37. The van der Waals surface area contributed by atoms with Gasteiger partial charge < -0.3 is 0 Å². The summed E-state index contributed by atoms with van der Waals surface area (Å²) in [7, 11) is 0. The van der Waals surface area contributed by atoms with Crippen molar-refractivity contribution in [1.82, 2.24) is 0 Å². The standard InChI is InChI=1S/C22H20F4/c1-2-12-3-6-15-13(9-12)4-7-16-17(15)11-20(25)21(22(16)26)14-5-8-18(23)19(24)10-14/h2,5,8,10-13,15H,1,3-4,6-7,9H2/t12-,13-,15+/m1/s1. The molecule has 0 heterocycles. The highest BCUT2D eigenvalue weighted by Gasteiger charge is 2.37. The lowest BCUT2D eigenvalue weighted by Gasteiger charge is -2.40. The van der Waals surface area contributed by atoms with E-state index in [1.165, 1.54) is 12.1 Å². The van der Waals surface area contributed by atoms with Crippen molar-refractivity contribution in [1.29, 1.82) is 0 Å². The average Bonchev–Trinajstić information content (AvgIpc) is 2.64. The maximum atomic E-state index is 15.2. The van der Waals surface area contributed by atoms with Gasteiger partial charge in [0.2, 0.25) is 0 Å². The van der Waals surface area contributed by atoms with E-state index in [2.05, 4.69) is 6.58 Å². The number of rotatable bonds is 2. The van der Waals surface area contributed by atoms with Crippen LogP contribution in [0.5, 0.6) is 0 Å². The molecule has 0 nitrogen and oxygen atoms in total. The van der Waals surface area contributed by atoms with Gasteiger partial charge in [0.15, 0.2) is 11.6 Å². The maximum absolute atomic E-state index is 15.2. The molecule has 0 unspecified atom stereocenters. The summed E-state index contributed by atoms with van der Waals surface area (Å²) in [5.41, 5.74) is 1.05. The van der Waals surface area contributed by atoms with Crippen LogP contribution in [-0.2, 0) is 6.42 Å². The Morgan fingerprint density at radius 2 is 1.73 bits per heavy atom. The second kappa shape index (κ2) is 6.57. The van der Waals surface area contributed by atoms with Crippen molar-refractivity contribution in [3.8, 4) is 11.1 Å². The van der Waals surface area contributed by atoms with Crippen molar-refractivity contribution in [3.05, 3.63) is 71.3 Å². The summed E-state index contributed by atoms with van der Waals surface area (Å²) >= 11 is 0. The second-order valence-corrected chi connectivity index (χ2v) is 7.46. The van der Waals surface area contributed by atoms with Crippen LogP contribution in [0.15, 0.2) is 36.9 Å². The highest BCUT2D eigenvalue weighted by Crippen LogP contribution is 2.49. The van der Waals surface area contributed by atoms with Crippen molar-refractivity contribution >= 4 is 0 Å². The van der Waals surface area contributed by atoms with Gasteiger partial charge in [-0.3, -0.25) is 0 Å². The molecule has 2 aromatic carbocycles. The molecule has 0 saturated heterocycles. The van der Waals surface area contributed by atoms with Crippen molar-refractivity contribution in [3.63, 3.8) is 0 Å². The zero-order valence-electron chi connectivity index (χ0n) is 14.4. The smallest absolute Gasteiger partial charge is 0.159 e. The molecule has 0 N–H and O–H groups in total. The van der Waals surface area contributed by atoms with Gasteiger partial charge in [-0.2, -0.15) is 0 Å². The van der Waals surface area contributed by atoms with Crippen LogP contribution in [0.3, 0.4) is 0 Å². The molecule has 3 atom stereocenters. The van der Waals surface area contributed by atoms with Crippen LogP contribution in [0.4, 0.5) is 17.6 Å². The highest BCUT2D eigenvalue weighted by molar-refractivity contribution is 5.67. The minimum Gasteiger partial charge on any atom is -0.206 e. The molecule has 2 aliphatic carbocycles. The zero-order valence-corrected chi connectivity index (χ0v) is 14.4. The largest absolute Gasteiger partial charge is 0.206 e. The van der Waals surface area contributed by atoms with Gasteiger partial charge in [0.25, 0.3) is 0 Å². The fourth-order valence-electron chi connectivity index (χ4n) is 4.75. The molecular weight excluding hydrogens is 340 g/mol. The number of fused-ring (bicyclic) bond motifs is 3. The molecule has 26 heavy (non-hydrogen) atoms. The highest BCUT2D eigenvalue weighted by atomic mass is 19.2. The van der Waals surface area contributed by atoms with Crippen LogP contribution in [-0.4, -0.2) is 0 Å². The minimum atomic E-state index is -1.11. The molecule has 2 aliphatic rings. The van der Waals surface area contributed by atoms with Crippen molar-refractivity contribution in [2.45, 2.75) is 38.0 Å². The van der Waals surface area contributed by atoms with Crippen LogP contribution in [0, 0.1) is 35.1 Å². The number of hydrogen-bond donors (Lipinski definition) is 0. The Hall–Kier alpha value is -2.10. The van der Waals surface area contributed by atoms with Gasteiger partial charge in [-0.05, 0) is 84.7 Å². The maximum Gasteiger partial charge on any atom is 0.159 e. The van der Waals surface area contributed by atoms with Crippen molar-refractivity contribution in [2.75, 3.05) is 0 Å². The lowest BCUT2D eigenvalue weighted by atomic mass is 9.65. The van der Waals surface area contributed by atoms with E-state index in [1.807, 2.05) is 6.08 Å². The van der Waals surface area contributed by atoms with Crippen LogP contribution in [0.2, 0.25) is 0 Å². The summed E-state index contributed by atoms with van der Waals surface area (Å²) < 4.78 is 56.6. The van der Waals surface area contributed by atoms with Crippen LogP contribution < -0.4 is 0 Å². The summed E-state index contributed by atoms with van der Waals surface area (Å²) in [4.78, 5) is 0. The molecule has 4 rings (SSSR count). The Morgan fingerprint density at radius 1 is 0.923 bits per heavy atom. The predicted molar refractivity (Wildman–Crippen MR) is 93.8 cm³/mol. The number of hydrogen-bond acceptors (Lipinski definition) is 0. The fraction of sp³-hybridized carbons (Fsp3) is 0.364. The summed E-state index contributed by atoms with van der Waals surface area (Å²) in [6.07, 6.45) is 6.29. The van der Waals surface area contributed by atoms with E-state index in [0.29, 0.717) is 23.8 Å². The first kappa shape index (κ1) is 17.3. The Labute approximate surface area is 150 Å². The van der Waals surface area contributed by atoms with Gasteiger partial charge >= 0.3 is 0 Å². The third kappa shape index (κ3) is 2.76. The van der Waals surface area contributed by atoms with E-state index in [-0.39, 0.29) is 17.0 Å². The molecule has 4 heteroatoms. The van der Waals surface area contributed by atoms with Crippen LogP contribution in [0.1, 0.15) is 42.7 Å². The molecule has 1 fully saturated rings. The second-order valence-electron chi connectivity index (χ2n) is 7.46.